The number of β-amino-alcohol motifs (C(OH)–C–C–N with tert-alkyl or cyclic N) is 1. The van der Waals surface area contributed by atoms with Gasteiger partial charge in [0.15, 0.2) is 0 Å². The van der Waals surface area contributed by atoms with Crippen molar-refractivity contribution in [3.05, 3.63) is 118 Å². The van der Waals surface area contributed by atoms with Crippen LogP contribution in [0, 0.1) is 28.1 Å². The lowest BCUT2D eigenvalue weighted by atomic mass is 9.57. The highest BCUT2D eigenvalue weighted by molar-refractivity contribution is 6.31. The molecular weight excluding hydrogens is 857 g/mol. The van der Waals surface area contributed by atoms with Crippen LogP contribution in [0.15, 0.2) is 91.0 Å². The minimum Gasteiger partial charge on any atom is -0.491 e. The number of likely N-dealkylation sites (tertiary alicyclic amines) is 1. The number of rotatable bonds is 16. The van der Waals surface area contributed by atoms with Gasteiger partial charge in [0, 0.05) is 53.5 Å². The van der Waals surface area contributed by atoms with Crippen LogP contribution >= 0.6 is 23.2 Å². The third-order valence-corrected chi connectivity index (χ3v) is 12.4. The van der Waals surface area contributed by atoms with Crippen molar-refractivity contribution >= 4 is 46.8 Å². The molecule has 15 heteroatoms. The molecule has 1 aliphatic heterocycles. The SMILES string of the molecule is CC1[C@H](NC(=O)c2ccc(-c3ccc(OCCOCC(=O)N[C@H](C(=O)N4C[C@H](O)C[C@H]4C(=O)NCc4ccc(Cl)cc4)C(C)(C)C)cc3)cc2)C(C)(C)[C@H]1Oc1ccc(C#N)c(Cl)c1. The molecule has 4 aromatic carbocycles. The fraction of sp³-hybridized carbons (Fsp3) is 0.408. The Hall–Kier alpha value is -5.65. The second-order valence-electron chi connectivity index (χ2n) is 18.0. The van der Waals surface area contributed by atoms with E-state index in [0.29, 0.717) is 32.7 Å². The first-order valence-electron chi connectivity index (χ1n) is 21.2. The molecule has 0 aromatic heterocycles. The first-order chi connectivity index (χ1) is 30.3. The summed E-state index contributed by atoms with van der Waals surface area (Å²) in [7, 11) is 0. The van der Waals surface area contributed by atoms with E-state index in [1.54, 1.807) is 54.6 Å². The van der Waals surface area contributed by atoms with Crippen molar-refractivity contribution in [3.63, 3.8) is 0 Å². The Morgan fingerprint density at radius 1 is 0.922 bits per heavy atom. The molecule has 338 valence electrons. The Balaban J connectivity index is 0.926. The molecule has 1 saturated carbocycles. The zero-order chi connectivity index (χ0) is 46.3. The van der Waals surface area contributed by atoms with Crippen molar-refractivity contribution in [1.82, 2.24) is 20.9 Å². The van der Waals surface area contributed by atoms with Crippen LogP contribution < -0.4 is 25.4 Å². The molecule has 1 aliphatic carbocycles. The second-order valence-corrected chi connectivity index (χ2v) is 18.9. The maximum absolute atomic E-state index is 13.9. The molecule has 64 heavy (non-hydrogen) atoms. The molecule has 2 fully saturated rings. The molecule has 1 saturated heterocycles. The van der Waals surface area contributed by atoms with Crippen molar-refractivity contribution in [1.29, 1.82) is 5.26 Å². The van der Waals surface area contributed by atoms with Crippen LogP contribution in [0.25, 0.3) is 11.1 Å². The standard InChI is InChI=1S/C49H55Cl2N5O8/c1-29-42(49(5,6)44(29)64-38-20-15-34(25-52)39(51)24-38)55-45(59)33-11-9-31(10-12-33)32-13-18-37(19-14-32)63-22-21-62-28-41(58)54-43(48(2,3)4)47(61)56-27-36(57)23-40(56)46(60)53-26-30-7-16-35(50)17-8-30/h7-20,24,29,36,40,42-44,57H,21-23,26-28H2,1-6H3,(H,53,60)(H,54,58)(H,55,59)/t29?,36-,40+,42+,43-,44+/m1/s1. The molecule has 4 amide bonds. The molecule has 1 heterocycles. The maximum atomic E-state index is 13.9. The van der Waals surface area contributed by atoms with Crippen LogP contribution in [0.1, 0.15) is 69.4 Å². The van der Waals surface area contributed by atoms with Gasteiger partial charge in [-0.15, -0.1) is 0 Å². The molecule has 13 nitrogen and oxygen atoms in total. The van der Waals surface area contributed by atoms with Crippen molar-refractivity contribution in [2.24, 2.45) is 16.7 Å². The Morgan fingerprint density at radius 2 is 1.56 bits per heavy atom. The number of carbonyl (C=O) groups excluding carboxylic acids is 4. The number of amides is 4. The number of benzene rings is 4. The van der Waals surface area contributed by atoms with Gasteiger partial charge in [0.1, 0.15) is 49.0 Å². The van der Waals surface area contributed by atoms with Crippen LogP contribution in [0.4, 0.5) is 0 Å². The third-order valence-electron chi connectivity index (χ3n) is 11.9. The summed E-state index contributed by atoms with van der Waals surface area (Å²) >= 11 is 12.2. The molecule has 0 spiro atoms. The monoisotopic (exact) mass is 911 g/mol. The van der Waals surface area contributed by atoms with E-state index in [-0.39, 0.29) is 68.7 Å². The van der Waals surface area contributed by atoms with E-state index in [9.17, 15) is 29.5 Å². The van der Waals surface area contributed by atoms with Crippen LogP contribution in [-0.2, 0) is 25.7 Å². The van der Waals surface area contributed by atoms with Gasteiger partial charge in [0.05, 0.1) is 23.3 Å². The summed E-state index contributed by atoms with van der Waals surface area (Å²) in [4.78, 5) is 54.7. The number of nitrogens with one attached hydrogen (secondary N) is 3. The molecular formula is C49H55Cl2N5O8. The van der Waals surface area contributed by atoms with Gasteiger partial charge in [-0.2, -0.15) is 5.26 Å². The largest absolute Gasteiger partial charge is 0.491 e. The summed E-state index contributed by atoms with van der Waals surface area (Å²) in [5.41, 5.74) is 2.54. The van der Waals surface area contributed by atoms with E-state index in [0.717, 1.165) is 16.7 Å². The van der Waals surface area contributed by atoms with E-state index in [4.69, 9.17) is 37.4 Å². The molecule has 2 aliphatic rings. The number of aliphatic hydroxyl groups excluding tert-OH is 1. The maximum Gasteiger partial charge on any atom is 0.251 e. The zero-order valence-corrected chi connectivity index (χ0v) is 38.3. The number of nitriles is 1. The molecule has 6 atom stereocenters. The molecule has 4 aromatic rings. The normalized spacial score (nSPS) is 20.6. The average Bonchev–Trinajstić information content (AvgIpc) is 3.67. The number of aliphatic hydroxyl groups is 1. The van der Waals surface area contributed by atoms with Crippen LogP contribution in [-0.4, -0.2) is 90.3 Å². The van der Waals surface area contributed by atoms with Gasteiger partial charge in [-0.25, -0.2) is 0 Å². The first-order valence-corrected chi connectivity index (χ1v) is 22.0. The molecule has 1 unspecified atom stereocenters. The van der Waals surface area contributed by atoms with E-state index in [1.807, 2.05) is 70.2 Å². The smallest absolute Gasteiger partial charge is 0.251 e. The zero-order valence-electron chi connectivity index (χ0n) is 36.8. The van der Waals surface area contributed by atoms with Gasteiger partial charge in [-0.3, -0.25) is 19.2 Å². The quantitative estimate of drug-likeness (QED) is 0.0866. The number of ether oxygens (including phenoxy) is 3. The first kappa shape index (κ1) is 47.8. The minimum absolute atomic E-state index is 0.0297. The average molecular weight is 913 g/mol. The van der Waals surface area contributed by atoms with Gasteiger partial charge in [0.25, 0.3) is 5.91 Å². The lowest BCUT2D eigenvalue weighted by Gasteiger charge is -2.56. The minimum atomic E-state index is -0.982. The molecule has 0 bridgehead atoms. The predicted octanol–water partition coefficient (Wildman–Crippen LogP) is 6.96. The summed E-state index contributed by atoms with van der Waals surface area (Å²) in [6.45, 7) is 11.8. The Bertz CT molecular complexity index is 2350. The molecule has 0 radical (unpaired) electrons. The predicted molar refractivity (Wildman–Crippen MR) is 244 cm³/mol. The van der Waals surface area contributed by atoms with Gasteiger partial charge in [-0.05, 0) is 70.6 Å². The van der Waals surface area contributed by atoms with Crippen LogP contribution in [0.5, 0.6) is 11.5 Å². The highest BCUT2D eigenvalue weighted by atomic mass is 35.5. The highest BCUT2D eigenvalue weighted by Gasteiger charge is 2.56. The van der Waals surface area contributed by atoms with E-state index in [2.05, 4.69) is 29.8 Å². The van der Waals surface area contributed by atoms with Gasteiger partial charge in [-0.1, -0.05) is 101 Å². The fourth-order valence-electron chi connectivity index (χ4n) is 8.37. The summed E-state index contributed by atoms with van der Waals surface area (Å²) in [5, 5.41) is 29.4. The Labute approximate surface area is 384 Å². The summed E-state index contributed by atoms with van der Waals surface area (Å²) in [5.74, 6) is -0.322. The fourth-order valence-corrected chi connectivity index (χ4v) is 8.71. The van der Waals surface area contributed by atoms with Crippen LogP contribution in [0.3, 0.4) is 0 Å². The molecule has 4 N–H and O–H groups in total. The van der Waals surface area contributed by atoms with E-state index in [1.165, 1.54) is 4.90 Å². The highest BCUT2D eigenvalue weighted by Crippen LogP contribution is 2.48. The second kappa shape index (κ2) is 20.5. The van der Waals surface area contributed by atoms with Crippen molar-refractivity contribution in [2.45, 2.75) is 84.8 Å². The summed E-state index contributed by atoms with van der Waals surface area (Å²) < 4.78 is 17.7. The van der Waals surface area contributed by atoms with Gasteiger partial charge >= 0.3 is 0 Å². The van der Waals surface area contributed by atoms with Gasteiger partial charge in [0.2, 0.25) is 17.7 Å². The van der Waals surface area contributed by atoms with E-state index < -0.39 is 41.3 Å². The van der Waals surface area contributed by atoms with Gasteiger partial charge < -0.3 is 40.2 Å². The number of nitrogens with zero attached hydrogens (tertiary/aromatic N) is 2. The lowest BCUT2D eigenvalue weighted by molar-refractivity contribution is -0.144. The topological polar surface area (TPSA) is 179 Å². The Kier molecular flexibility index (Phi) is 15.3. The summed E-state index contributed by atoms with van der Waals surface area (Å²) in [6.07, 6.45) is -0.960. The number of halogens is 2. The third kappa shape index (κ3) is 11.5. The van der Waals surface area contributed by atoms with E-state index >= 15 is 0 Å². The van der Waals surface area contributed by atoms with Crippen molar-refractivity contribution < 1.29 is 38.5 Å². The molecule has 6 rings (SSSR count). The Morgan fingerprint density at radius 3 is 2.17 bits per heavy atom. The lowest BCUT2D eigenvalue weighted by Crippen LogP contribution is -2.69. The number of hydrogen-bond acceptors (Lipinski definition) is 9. The van der Waals surface area contributed by atoms with Crippen molar-refractivity contribution in [2.75, 3.05) is 26.4 Å². The number of hydrogen-bond donors (Lipinski definition) is 4. The summed E-state index contributed by atoms with van der Waals surface area (Å²) in [6, 6.07) is 27.0. The number of carbonyl (C=O) groups is 4. The van der Waals surface area contributed by atoms with Crippen molar-refractivity contribution in [3.8, 4) is 28.7 Å². The van der Waals surface area contributed by atoms with Crippen LogP contribution in [0.2, 0.25) is 10.0 Å².